The molecule has 2 aliphatic rings. The number of rotatable bonds is 11. The lowest BCUT2D eigenvalue weighted by molar-refractivity contribution is 0.0527. The van der Waals surface area contributed by atoms with Crippen LogP contribution in [-0.4, -0.2) is 17.7 Å². The monoisotopic (exact) mass is 1480 g/mol. The van der Waals surface area contributed by atoms with Gasteiger partial charge in [-0.15, -0.1) is 0 Å². The molecule has 2 aliphatic carbocycles. The Morgan fingerprint density at radius 3 is 1.13 bits per heavy atom. The maximum absolute atomic E-state index is 12.3. The zero-order valence-corrected chi connectivity index (χ0v) is 62.4. The van der Waals surface area contributed by atoms with Crippen LogP contribution in [0.25, 0.3) is 87.6 Å². The maximum atomic E-state index is 12.3. The van der Waals surface area contributed by atoms with Gasteiger partial charge >= 0.3 is 5.97 Å². The lowest BCUT2D eigenvalue weighted by Gasteiger charge is -2.34. The Morgan fingerprint density at radius 1 is 0.300 bits per heavy atom. The topological polar surface area (TPSA) is 46.5 Å². The molecule has 0 heterocycles. The van der Waals surface area contributed by atoms with Crippen LogP contribution in [0, 0.1) is 0 Å². The fourth-order valence-corrected chi connectivity index (χ4v) is 17.9. The van der Waals surface area contributed by atoms with E-state index >= 15 is 0 Å². The highest BCUT2D eigenvalue weighted by Gasteiger charge is 2.48. The molecule has 0 spiro atoms. The van der Waals surface area contributed by atoms with E-state index in [1.807, 2.05) is 134 Å². The van der Waals surface area contributed by atoms with E-state index in [0.717, 1.165) is 54.2 Å². The summed E-state index contributed by atoms with van der Waals surface area (Å²) in [5.74, 6) is -0.277. The van der Waals surface area contributed by atoms with Crippen molar-refractivity contribution in [1.82, 2.24) is 0 Å². The van der Waals surface area contributed by atoms with Gasteiger partial charge in [-0.3, -0.25) is 0 Å². The minimum absolute atomic E-state index is 0.277. The number of fused-ring (bicyclic) bond motifs is 12. The Hall–Kier alpha value is -13.1. The summed E-state index contributed by atoms with van der Waals surface area (Å²) >= 11 is 3.89. The Kier molecular flexibility index (Phi) is 19.5. The molecule has 526 valence electrons. The molecule has 0 bridgehead atoms. The molecule has 0 radical (unpaired) electrons. The third-order valence-corrected chi connectivity index (χ3v) is 22.7. The quantitative estimate of drug-likeness (QED) is 0.104. The molecule has 110 heavy (non-hydrogen) atoms. The van der Waals surface area contributed by atoms with Crippen molar-refractivity contribution in [3.63, 3.8) is 0 Å². The molecule has 0 unspecified atom stereocenters. The molecule has 4 heteroatoms. The first-order chi connectivity index (χ1) is 54.3. The molecule has 3 nitrogen and oxygen atoms in total. The van der Waals surface area contributed by atoms with Gasteiger partial charge in [0.15, 0.2) is 0 Å². The predicted octanol–water partition coefficient (Wildman–Crippen LogP) is 26.6. The SMILES string of the molecule is Brc1cc2c(c3ccccc13)-c1ccccc1C2(c1ccccc1)c1ccccc1.CCOC(=O)c1ccccc1-c1cccc2ccccc12.OC(c1ccccc1)(c1ccccc1)c1ccccc1-c1cccc2ccccc12.c1ccc(C2(c3ccccc3)c3ccccc3-c3c2ccc2ccccc32)cc1. The van der Waals surface area contributed by atoms with Gasteiger partial charge < -0.3 is 9.84 Å². The zero-order chi connectivity index (χ0) is 74.4. The smallest absolute Gasteiger partial charge is 0.338 e. The van der Waals surface area contributed by atoms with Crippen LogP contribution < -0.4 is 0 Å². The van der Waals surface area contributed by atoms with Gasteiger partial charge in [0.1, 0.15) is 5.60 Å². The highest BCUT2D eigenvalue weighted by molar-refractivity contribution is 9.10. The number of aliphatic hydroxyl groups is 1. The van der Waals surface area contributed by atoms with E-state index in [9.17, 15) is 9.90 Å². The maximum Gasteiger partial charge on any atom is 0.338 e. The third-order valence-electron chi connectivity index (χ3n) is 22.0. The summed E-state index contributed by atoms with van der Waals surface area (Å²) in [5, 5.41) is 22.2. The summed E-state index contributed by atoms with van der Waals surface area (Å²) in [6, 6.07) is 151. The van der Waals surface area contributed by atoms with Gasteiger partial charge in [-0.1, -0.05) is 435 Å². The summed E-state index contributed by atoms with van der Waals surface area (Å²) in [4.78, 5) is 12.2. The van der Waals surface area contributed by atoms with Crippen LogP contribution in [0.15, 0.2) is 435 Å². The van der Waals surface area contributed by atoms with Gasteiger partial charge in [-0.25, -0.2) is 4.79 Å². The molecule has 0 aromatic heterocycles. The highest BCUT2D eigenvalue weighted by atomic mass is 79.9. The van der Waals surface area contributed by atoms with Crippen molar-refractivity contribution in [3.05, 3.63) is 502 Å². The van der Waals surface area contributed by atoms with E-state index in [-0.39, 0.29) is 16.8 Å². The van der Waals surface area contributed by atoms with Gasteiger partial charge in [-0.2, -0.15) is 0 Å². The van der Waals surface area contributed by atoms with Gasteiger partial charge in [0.2, 0.25) is 0 Å². The number of hydrogen-bond donors (Lipinski definition) is 1. The van der Waals surface area contributed by atoms with Crippen molar-refractivity contribution in [3.8, 4) is 44.5 Å². The van der Waals surface area contributed by atoms with Crippen LogP contribution in [0.4, 0.5) is 0 Å². The van der Waals surface area contributed by atoms with Crippen LogP contribution in [0.5, 0.6) is 0 Å². The molecule has 0 amide bonds. The molecule has 0 fully saturated rings. The average molecular weight is 1480 g/mol. The third kappa shape index (κ3) is 12.3. The van der Waals surface area contributed by atoms with Crippen molar-refractivity contribution < 1.29 is 14.6 Å². The van der Waals surface area contributed by atoms with Crippen LogP contribution in [-0.2, 0) is 21.2 Å². The van der Waals surface area contributed by atoms with Crippen molar-refractivity contribution >= 4 is 65.0 Å². The summed E-state index contributed by atoms with van der Waals surface area (Å²) in [6.07, 6.45) is 0. The number of ether oxygens (including phenoxy) is 1. The summed E-state index contributed by atoms with van der Waals surface area (Å²) < 4.78 is 6.30. The van der Waals surface area contributed by atoms with Crippen molar-refractivity contribution in [2.24, 2.45) is 0 Å². The van der Waals surface area contributed by atoms with Crippen molar-refractivity contribution in [2.45, 2.75) is 23.4 Å². The molecule has 1 N–H and O–H groups in total. The van der Waals surface area contributed by atoms with Crippen molar-refractivity contribution in [1.29, 1.82) is 0 Å². The van der Waals surface area contributed by atoms with Gasteiger partial charge in [0.25, 0.3) is 0 Å². The second-order valence-corrected chi connectivity index (χ2v) is 28.8. The summed E-state index contributed by atoms with van der Waals surface area (Å²) in [5.41, 5.74) is 21.4. The Labute approximate surface area is 651 Å². The van der Waals surface area contributed by atoms with Crippen molar-refractivity contribution in [2.75, 3.05) is 6.61 Å². The lowest BCUT2D eigenvalue weighted by atomic mass is 9.67. The number of halogens is 1. The largest absolute Gasteiger partial charge is 0.462 e. The van der Waals surface area contributed by atoms with Gasteiger partial charge in [0.05, 0.1) is 23.0 Å². The van der Waals surface area contributed by atoms with E-state index in [1.165, 1.54) is 99.1 Å². The summed E-state index contributed by atoms with van der Waals surface area (Å²) in [7, 11) is 0. The Morgan fingerprint density at radius 2 is 0.636 bits per heavy atom. The number of benzene rings is 18. The molecule has 18 aromatic rings. The second-order valence-electron chi connectivity index (χ2n) is 27.9. The first kappa shape index (κ1) is 69.9. The molecule has 0 saturated carbocycles. The van der Waals surface area contributed by atoms with Gasteiger partial charge in [-0.05, 0) is 162 Å². The van der Waals surface area contributed by atoms with Crippen LogP contribution >= 0.6 is 15.9 Å². The number of hydrogen-bond acceptors (Lipinski definition) is 3. The Balaban J connectivity index is 0.000000108. The zero-order valence-electron chi connectivity index (χ0n) is 60.8. The van der Waals surface area contributed by atoms with Crippen LogP contribution in [0.1, 0.15) is 78.5 Å². The molecule has 0 aliphatic heterocycles. The lowest BCUT2D eigenvalue weighted by Crippen LogP contribution is -2.29. The predicted molar refractivity (Wildman–Crippen MR) is 460 cm³/mol. The average Bonchev–Trinajstić information content (AvgIpc) is 1.53. The van der Waals surface area contributed by atoms with E-state index in [1.54, 1.807) is 0 Å². The minimum Gasteiger partial charge on any atom is -0.462 e. The van der Waals surface area contributed by atoms with E-state index in [2.05, 4.69) is 319 Å². The molecular weight excluding hydrogens is 1400 g/mol. The highest BCUT2D eigenvalue weighted by Crippen LogP contribution is 2.60. The second kappa shape index (κ2) is 30.6. The first-order valence-electron chi connectivity index (χ1n) is 37.6. The molecule has 0 atom stereocenters. The molecular formula is C106H77BrO3. The van der Waals surface area contributed by atoms with E-state index in [4.69, 9.17) is 4.74 Å². The van der Waals surface area contributed by atoms with E-state index in [0.29, 0.717) is 12.2 Å². The number of carbonyl (C=O) groups is 1. The van der Waals surface area contributed by atoms with Crippen LogP contribution in [0.3, 0.4) is 0 Å². The summed E-state index contributed by atoms with van der Waals surface area (Å²) in [6.45, 7) is 2.20. The normalized spacial score (nSPS) is 12.5. The first-order valence-corrected chi connectivity index (χ1v) is 38.4. The standard InChI is InChI=1S/C29H19Br.C29H22O.C29H20.C19H16O2/c30-27-19-26-28(23-16-8-7-15-22(23)27)24-17-9-10-18-25(24)29(26,20-11-3-1-4-12-20)21-13-5-2-6-14-21;30-29(23-14-3-1-4-15-23,24-16-5-2-6-17-24)28-21-10-9-19-27(28)26-20-11-13-22-12-7-8-18-25(22)26;1-3-12-22(13-4-1)29(23-14-5-2-6-15-23)26-18-10-9-17-25(26)28-24-16-8-7-11-21(24)19-20-27(28)29;1-2-21-19(20)18-12-6-5-11-17(18)16-13-7-9-14-8-3-4-10-15(14)16/h1-19H;1-21,30H;1-20H;3-13H,2H2,1H3. The van der Waals surface area contributed by atoms with Crippen LogP contribution in [0.2, 0.25) is 0 Å². The molecule has 18 aromatic carbocycles. The fourth-order valence-electron chi connectivity index (χ4n) is 17.4. The number of esters is 1. The number of carbonyl (C=O) groups excluding carboxylic acids is 1. The minimum atomic E-state index is -1.27. The fraction of sp³-hybridized carbons (Fsp3) is 0.0472. The van der Waals surface area contributed by atoms with E-state index < -0.39 is 5.60 Å². The Bertz CT molecular complexity index is 6210. The van der Waals surface area contributed by atoms with Gasteiger partial charge in [0, 0.05) is 10.0 Å². The molecule has 0 saturated heterocycles. The molecule has 20 rings (SSSR count).